The summed E-state index contributed by atoms with van der Waals surface area (Å²) < 4.78 is 0. The maximum atomic E-state index is 5.96. The van der Waals surface area contributed by atoms with Gasteiger partial charge in [-0.1, -0.05) is 0 Å². The number of thioether (sulfide) groups is 2. The first-order valence-electron chi connectivity index (χ1n) is 6.63. The van der Waals surface area contributed by atoms with Gasteiger partial charge in [-0.3, -0.25) is 0 Å². The zero-order valence-electron chi connectivity index (χ0n) is 10.9. The van der Waals surface area contributed by atoms with Crippen LogP contribution in [0.3, 0.4) is 0 Å². The lowest BCUT2D eigenvalue weighted by atomic mass is 10.4. The predicted octanol–water partition coefficient (Wildman–Crippen LogP) is 1.17. The molecule has 104 valence electrons. The number of nitrogens with zero attached hydrogens (tertiary/aromatic N) is 4. The summed E-state index contributed by atoms with van der Waals surface area (Å²) in [6, 6.07) is 1.90. The molecule has 0 bridgehead atoms. The van der Waals surface area contributed by atoms with Gasteiger partial charge in [0.2, 0.25) is 5.95 Å². The monoisotopic (exact) mass is 297 g/mol. The molecule has 0 saturated carbocycles. The van der Waals surface area contributed by atoms with Gasteiger partial charge in [-0.15, -0.1) is 0 Å². The first-order valence-corrected chi connectivity index (χ1v) is 8.94. The highest BCUT2D eigenvalue weighted by molar-refractivity contribution is 7.99. The summed E-state index contributed by atoms with van der Waals surface area (Å²) in [4.78, 5) is 13.7. The normalized spacial score (nSPS) is 20.6. The predicted molar refractivity (Wildman–Crippen MR) is 85.5 cm³/mol. The van der Waals surface area contributed by atoms with E-state index in [1.165, 1.54) is 11.5 Å². The average Bonchev–Trinajstić information content (AvgIpc) is 2.48. The van der Waals surface area contributed by atoms with Crippen molar-refractivity contribution in [1.82, 2.24) is 9.97 Å². The summed E-state index contributed by atoms with van der Waals surface area (Å²) in [6.45, 7) is 4.14. The summed E-state index contributed by atoms with van der Waals surface area (Å²) in [5, 5.41) is 0. The van der Waals surface area contributed by atoms with E-state index < -0.39 is 0 Å². The highest BCUT2D eigenvalue weighted by atomic mass is 32.2. The Balaban J connectivity index is 1.82. The second-order valence-electron chi connectivity index (χ2n) is 4.65. The zero-order valence-corrected chi connectivity index (χ0v) is 12.5. The molecule has 0 radical (unpaired) electrons. The maximum Gasteiger partial charge on any atom is 0.229 e. The van der Waals surface area contributed by atoms with Gasteiger partial charge < -0.3 is 15.5 Å². The Morgan fingerprint density at radius 2 is 1.47 bits per heavy atom. The molecule has 0 atom stereocenters. The molecule has 0 aromatic carbocycles. The number of rotatable bonds is 2. The number of hydrogen-bond acceptors (Lipinski definition) is 7. The van der Waals surface area contributed by atoms with E-state index in [1.807, 2.05) is 29.6 Å². The first kappa shape index (κ1) is 13.2. The summed E-state index contributed by atoms with van der Waals surface area (Å²) >= 11 is 3.99. The number of hydrogen-bond donors (Lipinski definition) is 1. The number of nitrogens with two attached hydrogens (primary N) is 1. The van der Waals surface area contributed by atoms with E-state index in [-0.39, 0.29) is 0 Å². The summed E-state index contributed by atoms with van der Waals surface area (Å²) in [6.07, 6.45) is 0. The number of anilines is 3. The molecule has 0 aliphatic carbocycles. The van der Waals surface area contributed by atoms with E-state index in [2.05, 4.69) is 14.8 Å². The van der Waals surface area contributed by atoms with E-state index in [0.717, 1.165) is 49.5 Å². The Hall–Kier alpha value is -0.820. The lowest BCUT2D eigenvalue weighted by Gasteiger charge is -2.30. The van der Waals surface area contributed by atoms with Gasteiger partial charge >= 0.3 is 0 Å². The lowest BCUT2D eigenvalue weighted by Crippen LogP contribution is -2.36. The lowest BCUT2D eigenvalue weighted by molar-refractivity contribution is 0.795. The van der Waals surface area contributed by atoms with Crippen LogP contribution in [0, 0.1) is 0 Å². The number of aromatic nitrogens is 2. The van der Waals surface area contributed by atoms with Crippen LogP contribution in [0.2, 0.25) is 0 Å². The maximum absolute atomic E-state index is 5.96. The van der Waals surface area contributed by atoms with E-state index in [4.69, 9.17) is 10.7 Å². The minimum atomic E-state index is 0.580. The molecule has 2 aliphatic heterocycles. The first-order chi connectivity index (χ1) is 9.33. The quantitative estimate of drug-likeness (QED) is 0.879. The molecular weight excluding hydrogens is 278 g/mol. The Bertz CT molecular complexity index is 394. The third-order valence-electron chi connectivity index (χ3n) is 3.35. The second-order valence-corrected chi connectivity index (χ2v) is 7.10. The molecule has 3 rings (SSSR count). The molecule has 2 N–H and O–H groups in total. The van der Waals surface area contributed by atoms with Gasteiger partial charge in [0, 0.05) is 55.3 Å². The number of nitrogen functional groups attached to an aromatic ring is 1. The van der Waals surface area contributed by atoms with Crippen LogP contribution in [0.25, 0.3) is 0 Å². The molecule has 1 aromatic heterocycles. The molecule has 7 heteroatoms. The average molecular weight is 297 g/mol. The summed E-state index contributed by atoms with van der Waals surface area (Å²) in [5.41, 5.74) is 5.96. The molecule has 0 amide bonds. The minimum absolute atomic E-state index is 0.580. The van der Waals surface area contributed by atoms with Gasteiger partial charge in [0.1, 0.15) is 11.6 Å². The fourth-order valence-corrected chi connectivity index (χ4v) is 4.11. The molecule has 2 saturated heterocycles. The fourth-order valence-electron chi connectivity index (χ4n) is 2.30. The van der Waals surface area contributed by atoms with Crippen LogP contribution in [0.4, 0.5) is 17.6 Å². The Kier molecular flexibility index (Phi) is 4.22. The minimum Gasteiger partial charge on any atom is -0.383 e. The summed E-state index contributed by atoms with van der Waals surface area (Å²) in [5.74, 6) is 6.99. The molecule has 0 unspecified atom stereocenters. The summed E-state index contributed by atoms with van der Waals surface area (Å²) in [7, 11) is 0. The van der Waals surface area contributed by atoms with Crippen molar-refractivity contribution in [2.45, 2.75) is 0 Å². The van der Waals surface area contributed by atoms with E-state index in [1.54, 1.807) is 0 Å². The zero-order chi connectivity index (χ0) is 13.1. The molecular formula is C12H19N5S2. The van der Waals surface area contributed by atoms with Crippen LogP contribution in [-0.4, -0.2) is 59.2 Å². The molecule has 2 fully saturated rings. The van der Waals surface area contributed by atoms with E-state index >= 15 is 0 Å². The van der Waals surface area contributed by atoms with Gasteiger partial charge in [-0.05, 0) is 0 Å². The van der Waals surface area contributed by atoms with Crippen molar-refractivity contribution in [3.63, 3.8) is 0 Å². The molecule has 2 aliphatic rings. The van der Waals surface area contributed by atoms with E-state index in [0.29, 0.717) is 5.82 Å². The van der Waals surface area contributed by atoms with Crippen molar-refractivity contribution >= 4 is 41.1 Å². The van der Waals surface area contributed by atoms with Crippen LogP contribution in [-0.2, 0) is 0 Å². The van der Waals surface area contributed by atoms with Crippen molar-refractivity contribution in [2.75, 3.05) is 64.7 Å². The van der Waals surface area contributed by atoms with Crippen LogP contribution >= 0.6 is 23.5 Å². The fraction of sp³-hybridized carbons (Fsp3) is 0.667. The van der Waals surface area contributed by atoms with Crippen molar-refractivity contribution in [1.29, 1.82) is 0 Å². The molecule has 19 heavy (non-hydrogen) atoms. The molecule has 1 aromatic rings. The smallest absolute Gasteiger partial charge is 0.229 e. The molecule has 5 nitrogen and oxygen atoms in total. The Morgan fingerprint density at radius 3 is 2.11 bits per heavy atom. The third-order valence-corrected chi connectivity index (χ3v) is 5.23. The van der Waals surface area contributed by atoms with Crippen molar-refractivity contribution in [2.24, 2.45) is 0 Å². The van der Waals surface area contributed by atoms with Crippen LogP contribution in [0.1, 0.15) is 0 Å². The van der Waals surface area contributed by atoms with Gasteiger partial charge in [-0.2, -0.15) is 33.5 Å². The van der Waals surface area contributed by atoms with Gasteiger partial charge in [0.25, 0.3) is 0 Å². The second kappa shape index (κ2) is 6.09. The van der Waals surface area contributed by atoms with E-state index in [9.17, 15) is 0 Å². The molecule has 0 spiro atoms. The third kappa shape index (κ3) is 3.20. The van der Waals surface area contributed by atoms with Crippen LogP contribution in [0.5, 0.6) is 0 Å². The Morgan fingerprint density at radius 1 is 0.895 bits per heavy atom. The SMILES string of the molecule is Nc1cc(N2CCSCC2)nc(N2CCSCC2)n1. The molecule has 3 heterocycles. The Labute approximate surface area is 122 Å². The highest BCUT2D eigenvalue weighted by Gasteiger charge is 2.18. The van der Waals surface area contributed by atoms with Crippen molar-refractivity contribution in [3.8, 4) is 0 Å². The van der Waals surface area contributed by atoms with Gasteiger partial charge in [0.05, 0.1) is 0 Å². The van der Waals surface area contributed by atoms with Gasteiger partial charge in [0.15, 0.2) is 0 Å². The van der Waals surface area contributed by atoms with Gasteiger partial charge in [-0.25, -0.2) is 0 Å². The largest absolute Gasteiger partial charge is 0.383 e. The van der Waals surface area contributed by atoms with Crippen LogP contribution in [0.15, 0.2) is 6.07 Å². The van der Waals surface area contributed by atoms with Crippen molar-refractivity contribution < 1.29 is 0 Å². The topological polar surface area (TPSA) is 58.3 Å². The highest BCUT2D eigenvalue weighted by Crippen LogP contribution is 2.23. The van der Waals surface area contributed by atoms with Crippen LogP contribution < -0.4 is 15.5 Å². The standard InChI is InChI=1S/C12H19N5S2/c13-10-9-11(16-1-5-18-6-2-16)15-12(14-10)17-3-7-19-8-4-17/h9H,1-8H2,(H2,13,14,15). The van der Waals surface area contributed by atoms with Crippen molar-refractivity contribution in [3.05, 3.63) is 6.07 Å².